The molecule has 2 aromatic carbocycles. The van der Waals surface area contributed by atoms with Crippen LogP contribution in [-0.4, -0.2) is 25.1 Å². The van der Waals surface area contributed by atoms with Crippen LogP contribution in [0.2, 0.25) is 0 Å². The molecule has 0 saturated carbocycles. The Morgan fingerprint density at radius 2 is 1.96 bits per heavy atom. The van der Waals surface area contributed by atoms with Crippen LogP contribution in [-0.2, 0) is 0 Å². The van der Waals surface area contributed by atoms with E-state index >= 15 is 0 Å². The number of hydrogen-bond acceptors (Lipinski definition) is 5. The first-order valence-electron chi connectivity index (χ1n) is 8.26. The quantitative estimate of drug-likeness (QED) is 0.680. The van der Waals surface area contributed by atoms with Crippen LogP contribution in [0.3, 0.4) is 0 Å². The van der Waals surface area contributed by atoms with Gasteiger partial charge in [-0.3, -0.25) is 4.79 Å². The summed E-state index contributed by atoms with van der Waals surface area (Å²) in [6, 6.07) is 11.3. The fourth-order valence-corrected chi connectivity index (χ4v) is 3.51. The van der Waals surface area contributed by atoms with E-state index < -0.39 is 0 Å². The Balaban J connectivity index is 1.81. The van der Waals surface area contributed by atoms with Gasteiger partial charge in [0.2, 0.25) is 0 Å². The fraction of sp³-hybridized carbons (Fsp3) is 0.200. The minimum atomic E-state index is -0.343. The Kier molecular flexibility index (Phi) is 5.71. The summed E-state index contributed by atoms with van der Waals surface area (Å²) < 4.78 is 24.1. The van der Waals surface area contributed by atoms with Gasteiger partial charge in [0, 0.05) is 5.38 Å². The number of carbonyl (C=O) groups excluding carboxylic acids is 1. The van der Waals surface area contributed by atoms with E-state index in [-0.39, 0.29) is 17.8 Å². The zero-order valence-electron chi connectivity index (χ0n) is 15.2. The maximum Gasteiger partial charge on any atom is 0.271 e. The van der Waals surface area contributed by atoms with Gasteiger partial charge >= 0.3 is 0 Å². The summed E-state index contributed by atoms with van der Waals surface area (Å²) in [6.45, 7) is 1.80. The number of benzene rings is 2. The van der Waals surface area contributed by atoms with Crippen LogP contribution in [0.25, 0.3) is 10.6 Å². The van der Waals surface area contributed by atoms with E-state index in [9.17, 15) is 9.18 Å². The molecule has 0 bridgehead atoms. The zero-order chi connectivity index (χ0) is 19.4. The molecule has 1 N–H and O–H groups in total. The highest BCUT2D eigenvalue weighted by Crippen LogP contribution is 2.39. The third-order valence-corrected chi connectivity index (χ3v) is 4.94. The number of para-hydroxylation sites is 1. The summed E-state index contributed by atoms with van der Waals surface area (Å²) in [5.74, 6) is 0.496. The van der Waals surface area contributed by atoms with E-state index in [0.717, 1.165) is 5.56 Å². The van der Waals surface area contributed by atoms with Crippen molar-refractivity contribution in [2.75, 3.05) is 14.2 Å². The molecule has 1 amide bonds. The third-order valence-electron chi connectivity index (χ3n) is 4.07. The lowest BCUT2D eigenvalue weighted by Crippen LogP contribution is -2.26. The topological polar surface area (TPSA) is 60.5 Å². The number of methoxy groups -OCH3 is 2. The van der Waals surface area contributed by atoms with Gasteiger partial charge in [0.15, 0.2) is 11.5 Å². The zero-order valence-corrected chi connectivity index (χ0v) is 16.0. The second kappa shape index (κ2) is 8.18. The molecule has 5 nitrogen and oxygen atoms in total. The molecule has 0 aliphatic carbocycles. The molecule has 0 spiro atoms. The van der Waals surface area contributed by atoms with Crippen LogP contribution in [0.15, 0.2) is 47.8 Å². The van der Waals surface area contributed by atoms with Gasteiger partial charge in [0.25, 0.3) is 5.91 Å². The largest absolute Gasteiger partial charge is 0.493 e. The van der Waals surface area contributed by atoms with E-state index in [1.54, 1.807) is 44.7 Å². The number of nitrogens with one attached hydrogen (secondary N) is 1. The van der Waals surface area contributed by atoms with Crippen molar-refractivity contribution in [2.24, 2.45) is 0 Å². The summed E-state index contributed by atoms with van der Waals surface area (Å²) >= 11 is 1.34. The van der Waals surface area contributed by atoms with E-state index in [0.29, 0.717) is 27.8 Å². The van der Waals surface area contributed by atoms with Crippen molar-refractivity contribution < 1.29 is 18.7 Å². The summed E-state index contributed by atoms with van der Waals surface area (Å²) in [5, 5.41) is 5.17. The maximum absolute atomic E-state index is 13.4. The monoisotopic (exact) mass is 386 g/mol. The first-order chi connectivity index (χ1) is 13.0. The van der Waals surface area contributed by atoms with Crippen molar-refractivity contribution in [1.82, 2.24) is 10.3 Å². The number of ether oxygens (including phenoxy) is 2. The summed E-state index contributed by atoms with van der Waals surface area (Å²) in [7, 11) is 3.12. The molecule has 0 aliphatic heterocycles. The Bertz CT molecular complexity index is 958. The van der Waals surface area contributed by atoms with E-state index in [1.807, 2.05) is 12.1 Å². The maximum atomic E-state index is 13.4. The van der Waals surface area contributed by atoms with Crippen LogP contribution in [0, 0.1) is 5.82 Å². The van der Waals surface area contributed by atoms with Gasteiger partial charge in [-0.15, -0.1) is 11.3 Å². The fourth-order valence-electron chi connectivity index (χ4n) is 2.69. The smallest absolute Gasteiger partial charge is 0.271 e. The molecular weight excluding hydrogens is 367 g/mol. The molecule has 140 valence electrons. The standard InChI is InChI=1S/C20H19FN2O3S/c1-12(13-6-4-7-14(21)10-13)22-19(24)16-11-27-20(23-16)15-8-5-9-17(25-2)18(15)26-3/h4-12H,1-3H3,(H,22,24)/t12-/m1/s1. The van der Waals surface area contributed by atoms with Crippen molar-refractivity contribution in [3.8, 4) is 22.1 Å². The third kappa shape index (κ3) is 4.09. The molecule has 1 atom stereocenters. The first kappa shape index (κ1) is 18.8. The first-order valence-corrected chi connectivity index (χ1v) is 9.14. The number of rotatable bonds is 6. The molecule has 0 fully saturated rings. The second-order valence-electron chi connectivity index (χ2n) is 5.83. The number of carbonyl (C=O) groups is 1. The lowest BCUT2D eigenvalue weighted by atomic mass is 10.1. The van der Waals surface area contributed by atoms with Gasteiger partial charge in [-0.2, -0.15) is 0 Å². The van der Waals surface area contributed by atoms with Gasteiger partial charge < -0.3 is 14.8 Å². The van der Waals surface area contributed by atoms with Crippen LogP contribution in [0.1, 0.15) is 29.0 Å². The molecule has 3 aromatic rings. The summed E-state index contributed by atoms with van der Waals surface area (Å²) in [5.41, 5.74) is 1.73. The molecule has 0 unspecified atom stereocenters. The number of amides is 1. The second-order valence-corrected chi connectivity index (χ2v) is 6.69. The van der Waals surface area contributed by atoms with Gasteiger partial charge in [-0.1, -0.05) is 18.2 Å². The number of thiazole rings is 1. The Morgan fingerprint density at radius 3 is 2.67 bits per heavy atom. The molecule has 27 heavy (non-hydrogen) atoms. The van der Waals surface area contributed by atoms with Crippen molar-refractivity contribution in [3.63, 3.8) is 0 Å². The van der Waals surface area contributed by atoms with Crippen LogP contribution >= 0.6 is 11.3 Å². The van der Waals surface area contributed by atoms with Gasteiger partial charge in [-0.25, -0.2) is 9.37 Å². The van der Waals surface area contributed by atoms with Crippen molar-refractivity contribution >= 4 is 17.2 Å². The van der Waals surface area contributed by atoms with Crippen LogP contribution in [0.4, 0.5) is 4.39 Å². The van der Waals surface area contributed by atoms with Gasteiger partial charge in [0.1, 0.15) is 16.5 Å². The summed E-state index contributed by atoms with van der Waals surface area (Å²) in [4.78, 5) is 16.9. The van der Waals surface area contributed by atoms with Crippen molar-refractivity contribution in [1.29, 1.82) is 0 Å². The highest BCUT2D eigenvalue weighted by molar-refractivity contribution is 7.13. The number of halogens is 1. The lowest BCUT2D eigenvalue weighted by molar-refractivity contribution is 0.0935. The highest BCUT2D eigenvalue weighted by Gasteiger charge is 2.18. The molecule has 1 aromatic heterocycles. The highest BCUT2D eigenvalue weighted by atomic mass is 32.1. The van der Waals surface area contributed by atoms with Crippen LogP contribution in [0.5, 0.6) is 11.5 Å². The van der Waals surface area contributed by atoms with Gasteiger partial charge in [-0.05, 0) is 36.8 Å². The Hall–Kier alpha value is -2.93. The molecule has 7 heteroatoms. The number of hydrogen-bond donors (Lipinski definition) is 1. The minimum Gasteiger partial charge on any atom is -0.493 e. The van der Waals surface area contributed by atoms with E-state index in [4.69, 9.17) is 9.47 Å². The molecule has 1 heterocycles. The van der Waals surface area contributed by atoms with E-state index in [2.05, 4.69) is 10.3 Å². The normalized spacial score (nSPS) is 11.7. The molecule has 3 rings (SSSR count). The molecule has 0 radical (unpaired) electrons. The predicted molar refractivity (Wildman–Crippen MR) is 103 cm³/mol. The van der Waals surface area contributed by atoms with Crippen LogP contribution < -0.4 is 14.8 Å². The Morgan fingerprint density at radius 1 is 1.19 bits per heavy atom. The molecule has 0 saturated heterocycles. The number of aromatic nitrogens is 1. The van der Waals surface area contributed by atoms with E-state index in [1.165, 1.54) is 23.5 Å². The number of nitrogens with zero attached hydrogens (tertiary/aromatic N) is 1. The molecular formula is C20H19FN2O3S. The average molecular weight is 386 g/mol. The molecule has 0 aliphatic rings. The van der Waals surface area contributed by atoms with Crippen molar-refractivity contribution in [3.05, 3.63) is 64.9 Å². The van der Waals surface area contributed by atoms with Crippen molar-refractivity contribution in [2.45, 2.75) is 13.0 Å². The SMILES string of the molecule is COc1cccc(-c2nc(C(=O)N[C@H](C)c3cccc(F)c3)cs2)c1OC. The van der Waals surface area contributed by atoms with Gasteiger partial charge in [0.05, 0.1) is 25.8 Å². The Labute approximate surface area is 160 Å². The lowest BCUT2D eigenvalue weighted by Gasteiger charge is -2.13. The average Bonchev–Trinajstić information content (AvgIpc) is 3.17. The summed E-state index contributed by atoms with van der Waals surface area (Å²) in [6.07, 6.45) is 0. The minimum absolute atomic E-state index is 0.295. The predicted octanol–water partition coefficient (Wildman–Crippen LogP) is 4.46.